The Morgan fingerprint density at radius 2 is 1.32 bits per heavy atom. The maximum atomic E-state index is 6.70. The average molecular weight is 665 g/mol. The highest BCUT2D eigenvalue weighted by molar-refractivity contribution is 7.73. The van der Waals surface area contributed by atoms with Gasteiger partial charge in [-0.25, -0.2) is 0 Å². The van der Waals surface area contributed by atoms with Crippen molar-refractivity contribution in [2.75, 3.05) is 12.3 Å². The second kappa shape index (κ2) is 12.0. The second-order valence-corrected chi connectivity index (χ2v) is 19.2. The van der Waals surface area contributed by atoms with Gasteiger partial charge in [0.05, 0.1) is 6.10 Å². The van der Waals surface area contributed by atoms with E-state index < -0.39 is 15.8 Å². The predicted octanol–water partition coefficient (Wildman–Crippen LogP) is 9.14. The number of benzene rings is 2. The van der Waals surface area contributed by atoms with Crippen LogP contribution in [-0.2, 0) is 22.3 Å². The summed E-state index contributed by atoms with van der Waals surface area (Å²) >= 11 is 0. The maximum absolute atomic E-state index is 6.70. The number of hydrogen-bond acceptors (Lipinski definition) is 4. The van der Waals surface area contributed by atoms with Gasteiger partial charge in [0.15, 0.2) is 0 Å². The summed E-state index contributed by atoms with van der Waals surface area (Å²) in [6.45, 7) is 8.87. The highest BCUT2D eigenvalue weighted by atomic mass is 31.1. The lowest BCUT2D eigenvalue weighted by molar-refractivity contribution is 0.167. The van der Waals surface area contributed by atoms with Crippen LogP contribution < -0.4 is 20.1 Å². The van der Waals surface area contributed by atoms with Crippen molar-refractivity contribution in [1.82, 2.24) is 0 Å². The first-order chi connectivity index (χ1) is 22.9. The van der Waals surface area contributed by atoms with Gasteiger partial charge in [-0.15, -0.1) is 0 Å². The first-order valence-electron chi connectivity index (χ1n) is 17.9. The van der Waals surface area contributed by atoms with E-state index in [1.807, 2.05) is 0 Å². The Morgan fingerprint density at radius 1 is 0.681 bits per heavy atom. The number of rotatable bonds is 8. The first-order valence-corrected chi connectivity index (χ1v) is 21.0. The van der Waals surface area contributed by atoms with Gasteiger partial charge in [-0.05, 0) is 109 Å². The first kappa shape index (κ1) is 30.3. The third-order valence-electron chi connectivity index (χ3n) is 10.9. The van der Waals surface area contributed by atoms with Crippen LogP contribution in [0.5, 0.6) is 11.5 Å². The minimum Gasteiger partial charge on any atom is -0.490 e. The van der Waals surface area contributed by atoms with Crippen molar-refractivity contribution in [2.24, 2.45) is 11.8 Å². The Kier molecular flexibility index (Phi) is 7.70. The molecule has 0 amide bonds. The van der Waals surface area contributed by atoms with E-state index in [1.165, 1.54) is 50.1 Å². The van der Waals surface area contributed by atoms with Crippen molar-refractivity contribution < 1.29 is 18.9 Å². The third kappa shape index (κ3) is 5.43. The summed E-state index contributed by atoms with van der Waals surface area (Å²) in [5.41, 5.74) is 5.69. The maximum Gasteiger partial charge on any atom is 0.131 e. The summed E-state index contributed by atoms with van der Waals surface area (Å²) in [4.78, 5) is 0. The van der Waals surface area contributed by atoms with Crippen LogP contribution in [0.3, 0.4) is 0 Å². The Hall–Kier alpha value is -2.80. The SMILES string of the molecule is CC1CC2=C(O1)C(P(CCCP(c1cccc3c1OC(C)C3)c1cccc3c1OC(C)C3)C1=CC3CC3C3=C1OC(C)C3)=CCC=C2. The lowest BCUT2D eigenvalue weighted by Crippen LogP contribution is -2.19. The van der Waals surface area contributed by atoms with Crippen molar-refractivity contribution in [2.45, 2.75) is 97.1 Å². The summed E-state index contributed by atoms with van der Waals surface area (Å²) in [5.74, 6) is 6.10. The molecule has 4 nitrogen and oxygen atoms in total. The van der Waals surface area contributed by atoms with E-state index in [1.54, 1.807) is 5.57 Å². The molecule has 7 atom stereocenters. The van der Waals surface area contributed by atoms with E-state index in [-0.39, 0.29) is 24.4 Å². The lowest BCUT2D eigenvalue weighted by atomic mass is 10.0. The number of fused-ring (bicyclic) bond motifs is 4. The molecule has 1 fully saturated rings. The van der Waals surface area contributed by atoms with Crippen molar-refractivity contribution in [3.05, 3.63) is 105 Å². The summed E-state index contributed by atoms with van der Waals surface area (Å²) in [5, 5.41) is 5.72. The van der Waals surface area contributed by atoms with Gasteiger partial charge >= 0.3 is 0 Å². The minimum absolute atomic E-state index is 0.224. The molecule has 6 heteroatoms. The van der Waals surface area contributed by atoms with Gasteiger partial charge in [-0.2, -0.15) is 0 Å². The number of para-hydroxylation sites is 2. The van der Waals surface area contributed by atoms with Crippen molar-refractivity contribution >= 4 is 26.5 Å². The van der Waals surface area contributed by atoms with E-state index in [9.17, 15) is 0 Å². The van der Waals surface area contributed by atoms with Crippen LogP contribution in [0.4, 0.5) is 0 Å². The van der Waals surface area contributed by atoms with E-state index >= 15 is 0 Å². The van der Waals surface area contributed by atoms with Crippen molar-refractivity contribution in [1.29, 1.82) is 0 Å². The Morgan fingerprint density at radius 3 is 2.04 bits per heavy atom. The molecule has 7 unspecified atom stereocenters. The summed E-state index contributed by atoms with van der Waals surface area (Å²) < 4.78 is 26.5. The molecule has 0 aromatic heterocycles. The molecule has 0 bridgehead atoms. The molecule has 47 heavy (non-hydrogen) atoms. The molecule has 3 aliphatic carbocycles. The zero-order valence-corrected chi connectivity index (χ0v) is 29.9. The Bertz CT molecular complexity index is 1720. The smallest absolute Gasteiger partial charge is 0.131 e. The minimum atomic E-state index is -0.680. The molecule has 2 aromatic rings. The molecule has 2 aromatic carbocycles. The van der Waals surface area contributed by atoms with Crippen LogP contribution >= 0.6 is 15.8 Å². The van der Waals surface area contributed by atoms with Crippen molar-refractivity contribution in [3.8, 4) is 11.5 Å². The molecule has 0 radical (unpaired) electrons. The topological polar surface area (TPSA) is 36.9 Å². The van der Waals surface area contributed by atoms with Crippen LogP contribution in [0.15, 0.2) is 94.0 Å². The van der Waals surface area contributed by atoms with Gasteiger partial charge in [0.25, 0.3) is 0 Å². The molecule has 4 aliphatic heterocycles. The molecule has 0 spiro atoms. The lowest BCUT2D eigenvalue weighted by Gasteiger charge is -2.29. The molecule has 244 valence electrons. The monoisotopic (exact) mass is 664 g/mol. The van der Waals surface area contributed by atoms with Crippen LogP contribution in [0.2, 0.25) is 0 Å². The number of hydrogen-bond donors (Lipinski definition) is 0. The largest absolute Gasteiger partial charge is 0.490 e. The zero-order chi connectivity index (χ0) is 31.8. The molecule has 7 aliphatic rings. The fraction of sp³-hybridized carbons (Fsp3) is 0.463. The van der Waals surface area contributed by atoms with Crippen LogP contribution in [0.1, 0.15) is 70.9 Å². The highest BCUT2D eigenvalue weighted by Crippen LogP contribution is 2.67. The molecular formula is C41H46O4P2. The number of ether oxygens (including phenoxy) is 4. The van der Waals surface area contributed by atoms with Gasteiger partial charge in [-0.1, -0.05) is 60.7 Å². The van der Waals surface area contributed by atoms with E-state index in [4.69, 9.17) is 18.9 Å². The van der Waals surface area contributed by atoms with Crippen LogP contribution in [0, 0.1) is 11.8 Å². The van der Waals surface area contributed by atoms with Gasteiger partial charge in [-0.3, -0.25) is 0 Å². The average Bonchev–Trinajstić information content (AvgIpc) is 3.26. The van der Waals surface area contributed by atoms with Crippen LogP contribution in [0.25, 0.3) is 0 Å². The van der Waals surface area contributed by atoms with Gasteiger partial charge < -0.3 is 18.9 Å². The predicted molar refractivity (Wildman–Crippen MR) is 194 cm³/mol. The molecule has 1 saturated carbocycles. The van der Waals surface area contributed by atoms with E-state index in [0.717, 1.165) is 74.0 Å². The third-order valence-corrected chi connectivity index (χ3v) is 16.2. The fourth-order valence-electron chi connectivity index (χ4n) is 8.76. The quantitative estimate of drug-likeness (QED) is 0.264. The zero-order valence-electron chi connectivity index (χ0n) is 28.1. The van der Waals surface area contributed by atoms with E-state index in [2.05, 4.69) is 88.4 Å². The standard InChI is InChI=1S/C41H46O4P2/c1-24-18-28-10-5-6-13-34(38(28)42-24)47(37-23-31-22-32(31)33-21-27(4)45-41(33)37)17-9-16-46(35-14-7-11-29-19-25(2)43-39(29)35)36-15-8-12-30-20-26(3)44-40(30)36/h5,7-8,10-15,23-27,31-32H,6,9,16-22H2,1-4H3. The second-order valence-electron chi connectivity index (χ2n) is 14.7. The molecular weight excluding hydrogens is 618 g/mol. The Balaban J connectivity index is 1.08. The molecule has 4 heterocycles. The molecule has 0 N–H and O–H groups in total. The van der Waals surface area contributed by atoms with Gasteiger partial charge in [0.2, 0.25) is 0 Å². The number of allylic oxidation sites excluding steroid dienone is 6. The highest BCUT2D eigenvalue weighted by Gasteiger charge is 2.49. The Labute approximate surface area is 282 Å². The normalized spacial score (nSPS) is 30.8. The van der Waals surface area contributed by atoms with Crippen LogP contribution in [-0.4, -0.2) is 36.7 Å². The molecule has 9 rings (SSSR count). The van der Waals surface area contributed by atoms with E-state index in [0.29, 0.717) is 5.92 Å². The van der Waals surface area contributed by atoms with Crippen molar-refractivity contribution in [3.63, 3.8) is 0 Å². The fourth-order valence-corrected chi connectivity index (χ4v) is 14.4. The summed E-state index contributed by atoms with van der Waals surface area (Å²) in [7, 11) is -1.32. The molecule has 0 saturated heterocycles. The van der Waals surface area contributed by atoms with Gasteiger partial charge in [0.1, 0.15) is 41.3 Å². The van der Waals surface area contributed by atoms with Gasteiger partial charge in [0, 0.05) is 46.9 Å². The summed E-state index contributed by atoms with van der Waals surface area (Å²) in [6, 6.07) is 13.7. The summed E-state index contributed by atoms with van der Waals surface area (Å²) in [6.07, 6.45) is 20.4.